The van der Waals surface area contributed by atoms with Crippen LogP contribution in [-0.2, 0) is 0 Å². The molecule has 0 aliphatic carbocycles. The summed E-state index contributed by atoms with van der Waals surface area (Å²) in [5.41, 5.74) is 0.124. The number of nitrogens with one attached hydrogen (secondary N) is 2. The van der Waals surface area contributed by atoms with Crippen LogP contribution in [0.2, 0.25) is 0 Å². The molecule has 0 saturated heterocycles. The first-order valence-corrected chi connectivity index (χ1v) is 9.64. The Kier molecular flexibility index (Phi) is 4.62. The van der Waals surface area contributed by atoms with E-state index in [-0.39, 0.29) is 16.8 Å². The van der Waals surface area contributed by atoms with E-state index in [9.17, 15) is 18.0 Å². The van der Waals surface area contributed by atoms with E-state index in [1.807, 2.05) is 0 Å². The lowest BCUT2D eigenvalue weighted by Gasteiger charge is -2.21. The normalized spacial score (nSPS) is 12.4. The molecule has 7 nitrogen and oxygen atoms in total. The van der Waals surface area contributed by atoms with Crippen LogP contribution in [0.1, 0.15) is 18.7 Å². The number of imidazole rings is 1. The smallest absolute Gasteiger partial charge is 0.266 e. The number of fused-ring (bicyclic) bond motifs is 2. The minimum absolute atomic E-state index is 0.219. The highest BCUT2D eigenvalue weighted by Crippen LogP contribution is 2.27. The number of hydrogen-bond donors (Lipinski definition) is 2. The van der Waals surface area contributed by atoms with Crippen molar-refractivity contribution in [3.8, 4) is 5.69 Å². The topological polar surface area (TPSA) is 88.5 Å². The second-order valence-corrected chi connectivity index (χ2v) is 7.20. The minimum atomic E-state index is -0.825. The SMILES string of the molecule is C[C@@H](Nc1ncnc2[nH]cnc12)c1cc2cccc(F)c2c(=O)n1-c1cc(F)ccc1F. The Hall–Kier alpha value is -4.21. The van der Waals surface area contributed by atoms with Crippen LogP contribution in [0.25, 0.3) is 27.6 Å². The molecule has 5 rings (SSSR count). The first-order chi connectivity index (χ1) is 15.4. The number of rotatable bonds is 4. The van der Waals surface area contributed by atoms with Crippen LogP contribution < -0.4 is 10.9 Å². The Morgan fingerprint density at radius 1 is 1.03 bits per heavy atom. The van der Waals surface area contributed by atoms with Crippen molar-refractivity contribution >= 4 is 27.8 Å². The van der Waals surface area contributed by atoms with E-state index in [0.717, 1.165) is 28.8 Å². The maximum absolute atomic E-state index is 14.7. The molecule has 0 unspecified atom stereocenters. The van der Waals surface area contributed by atoms with Gasteiger partial charge in [0.25, 0.3) is 5.56 Å². The first-order valence-electron chi connectivity index (χ1n) is 9.64. The van der Waals surface area contributed by atoms with Crippen molar-refractivity contribution in [1.29, 1.82) is 0 Å². The highest BCUT2D eigenvalue weighted by Gasteiger charge is 2.21. The molecule has 32 heavy (non-hydrogen) atoms. The molecule has 0 amide bonds. The molecule has 160 valence electrons. The molecule has 3 heterocycles. The highest BCUT2D eigenvalue weighted by atomic mass is 19.1. The average Bonchev–Trinajstić information content (AvgIpc) is 3.25. The van der Waals surface area contributed by atoms with E-state index in [4.69, 9.17) is 0 Å². The maximum atomic E-state index is 14.7. The summed E-state index contributed by atoms with van der Waals surface area (Å²) in [6.07, 6.45) is 2.80. The quantitative estimate of drug-likeness (QED) is 0.440. The molecule has 10 heteroatoms. The summed E-state index contributed by atoms with van der Waals surface area (Å²) >= 11 is 0. The number of nitrogens with zero attached hydrogens (tertiary/aromatic N) is 4. The predicted molar refractivity (Wildman–Crippen MR) is 113 cm³/mol. The third kappa shape index (κ3) is 3.16. The predicted octanol–water partition coefficient (Wildman–Crippen LogP) is 4.25. The summed E-state index contributed by atoms with van der Waals surface area (Å²) in [4.78, 5) is 28.6. The van der Waals surface area contributed by atoms with Crippen molar-refractivity contribution in [3.05, 3.63) is 88.6 Å². The lowest BCUT2D eigenvalue weighted by atomic mass is 10.1. The second-order valence-electron chi connectivity index (χ2n) is 7.20. The van der Waals surface area contributed by atoms with Crippen LogP contribution >= 0.6 is 0 Å². The molecule has 2 aromatic carbocycles. The highest BCUT2D eigenvalue weighted by molar-refractivity contribution is 5.84. The molecular weight excluding hydrogens is 421 g/mol. The Morgan fingerprint density at radius 2 is 1.88 bits per heavy atom. The largest absolute Gasteiger partial charge is 0.360 e. The zero-order valence-corrected chi connectivity index (χ0v) is 16.6. The third-order valence-corrected chi connectivity index (χ3v) is 5.19. The minimum Gasteiger partial charge on any atom is -0.360 e. The number of hydrogen-bond acceptors (Lipinski definition) is 5. The van der Waals surface area contributed by atoms with Crippen molar-refractivity contribution in [3.63, 3.8) is 0 Å². The standard InChI is InChI=1S/C22H15F3N6O/c1-11(30-21-19-20(27-9-26-19)28-10-29-21)16-7-12-3-2-4-15(25)18(12)22(32)31(16)17-8-13(23)5-6-14(17)24/h2-11H,1H3,(H2,26,27,28,29,30)/t11-/m1/s1. The fourth-order valence-corrected chi connectivity index (χ4v) is 3.71. The van der Waals surface area contributed by atoms with Gasteiger partial charge in [-0.25, -0.2) is 28.1 Å². The molecule has 0 aliphatic rings. The molecule has 0 spiro atoms. The van der Waals surface area contributed by atoms with Gasteiger partial charge in [0.2, 0.25) is 0 Å². The second kappa shape index (κ2) is 7.49. The van der Waals surface area contributed by atoms with Gasteiger partial charge < -0.3 is 10.3 Å². The van der Waals surface area contributed by atoms with Crippen LogP contribution in [0, 0.1) is 17.5 Å². The van der Waals surface area contributed by atoms with E-state index in [2.05, 4.69) is 25.3 Å². The van der Waals surface area contributed by atoms with Gasteiger partial charge in [0.1, 0.15) is 29.3 Å². The van der Waals surface area contributed by atoms with Crippen molar-refractivity contribution in [1.82, 2.24) is 24.5 Å². The maximum Gasteiger partial charge on any atom is 0.266 e. The van der Waals surface area contributed by atoms with Crippen molar-refractivity contribution < 1.29 is 13.2 Å². The molecule has 5 aromatic rings. The Labute approximate surface area is 178 Å². The van der Waals surface area contributed by atoms with Gasteiger partial charge in [-0.05, 0) is 36.6 Å². The number of pyridine rings is 1. The number of halogens is 3. The molecule has 0 saturated carbocycles. The van der Waals surface area contributed by atoms with Crippen molar-refractivity contribution in [2.75, 3.05) is 5.32 Å². The van der Waals surface area contributed by atoms with Crippen LogP contribution in [0.15, 0.2) is 59.9 Å². The molecule has 0 radical (unpaired) electrons. The lowest BCUT2D eigenvalue weighted by molar-refractivity contribution is 0.586. The van der Waals surface area contributed by atoms with Gasteiger partial charge in [-0.1, -0.05) is 12.1 Å². The van der Waals surface area contributed by atoms with Gasteiger partial charge in [-0.15, -0.1) is 0 Å². The number of H-pyrrole nitrogens is 1. The monoisotopic (exact) mass is 436 g/mol. The van der Waals surface area contributed by atoms with E-state index >= 15 is 0 Å². The summed E-state index contributed by atoms with van der Waals surface area (Å²) < 4.78 is 44.2. The Bertz CT molecular complexity index is 1540. The van der Waals surface area contributed by atoms with Crippen LogP contribution in [0.5, 0.6) is 0 Å². The van der Waals surface area contributed by atoms with Gasteiger partial charge in [-0.3, -0.25) is 9.36 Å². The Morgan fingerprint density at radius 3 is 2.72 bits per heavy atom. The van der Waals surface area contributed by atoms with E-state index in [1.165, 1.54) is 18.7 Å². The fraction of sp³-hybridized carbons (Fsp3) is 0.0909. The summed E-state index contributed by atoms with van der Waals surface area (Å²) in [6, 6.07) is 7.90. The molecule has 0 fully saturated rings. The number of aromatic nitrogens is 5. The van der Waals surface area contributed by atoms with Gasteiger partial charge in [-0.2, -0.15) is 0 Å². The first kappa shape index (κ1) is 19.7. The fourth-order valence-electron chi connectivity index (χ4n) is 3.71. The van der Waals surface area contributed by atoms with Gasteiger partial charge in [0.15, 0.2) is 11.5 Å². The van der Waals surface area contributed by atoms with Crippen molar-refractivity contribution in [2.24, 2.45) is 0 Å². The summed E-state index contributed by atoms with van der Waals surface area (Å²) in [7, 11) is 0. The lowest BCUT2D eigenvalue weighted by Crippen LogP contribution is -2.27. The number of aromatic amines is 1. The van der Waals surface area contributed by atoms with Crippen LogP contribution in [0.4, 0.5) is 19.0 Å². The van der Waals surface area contributed by atoms with E-state index in [0.29, 0.717) is 22.4 Å². The number of benzene rings is 2. The van der Waals surface area contributed by atoms with Gasteiger partial charge in [0.05, 0.1) is 23.4 Å². The Balaban J connectivity index is 1.75. The molecule has 3 aromatic heterocycles. The zero-order valence-electron chi connectivity index (χ0n) is 16.6. The van der Waals surface area contributed by atoms with E-state index in [1.54, 1.807) is 19.1 Å². The van der Waals surface area contributed by atoms with E-state index < -0.39 is 29.1 Å². The van der Waals surface area contributed by atoms with Crippen LogP contribution in [-0.4, -0.2) is 24.5 Å². The average molecular weight is 436 g/mol. The number of anilines is 1. The van der Waals surface area contributed by atoms with Crippen molar-refractivity contribution in [2.45, 2.75) is 13.0 Å². The summed E-state index contributed by atoms with van der Waals surface area (Å²) in [5, 5.41) is 3.25. The van der Waals surface area contributed by atoms with Gasteiger partial charge >= 0.3 is 0 Å². The molecule has 1 atom stereocenters. The summed E-state index contributed by atoms with van der Waals surface area (Å²) in [5.74, 6) is -1.93. The molecule has 2 N–H and O–H groups in total. The zero-order chi connectivity index (χ0) is 22.4. The third-order valence-electron chi connectivity index (χ3n) is 5.19. The van der Waals surface area contributed by atoms with Gasteiger partial charge in [0, 0.05) is 11.8 Å². The molecular formula is C22H15F3N6O. The molecule has 0 aliphatic heterocycles. The summed E-state index contributed by atoms with van der Waals surface area (Å²) in [6.45, 7) is 1.72. The van der Waals surface area contributed by atoms with Crippen LogP contribution in [0.3, 0.4) is 0 Å². The molecule has 0 bridgehead atoms.